The lowest BCUT2D eigenvalue weighted by atomic mass is 10.0. The standard InChI is InChI=1S/C14H16N4O/c1-9-2-4-10(5-3-9)12-6-7-16-14-11(13(15)19)8-17-18(12)14/h2-5,8,12,16H,6-7H2,1H3,(H2,15,19). The van der Waals surface area contributed by atoms with E-state index in [2.05, 4.69) is 41.6 Å². The fraction of sp³-hybridized carbons (Fsp3) is 0.286. The Bertz CT molecular complexity index is 615. The van der Waals surface area contributed by atoms with Crippen LogP contribution in [0.2, 0.25) is 0 Å². The first-order valence-corrected chi connectivity index (χ1v) is 6.34. The van der Waals surface area contributed by atoms with Gasteiger partial charge >= 0.3 is 0 Å². The van der Waals surface area contributed by atoms with Crippen molar-refractivity contribution >= 4 is 11.7 Å². The van der Waals surface area contributed by atoms with Crippen LogP contribution in [0.1, 0.15) is 33.9 Å². The van der Waals surface area contributed by atoms with Crippen molar-refractivity contribution in [2.24, 2.45) is 5.73 Å². The Hall–Kier alpha value is -2.30. The maximum atomic E-state index is 11.4. The monoisotopic (exact) mass is 256 g/mol. The maximum Gasteiger partial charge on any atom is 0.254 e. The average molecular weight is 256 g/mol. The van der Waals surface area contributed by atoms with Gasteiger partial charge in [0.15, 0.2) is 0 Å². The molecule has 19 heavy (non-hydrogen) atoms. The van der Waals surface area contributed by atoms with Crippen molar-refractivity contribution in [1.82, 2.24) is 9.78 Å². The lowest BCUT2D eigenvalue weighted by Crippen LogP contribution is -2.26. The molecule has 98 valence electrons. The number of aromatic nitrogens is 2. The fourth-order valence-corrected chi connectivity index (χ4v) is 2.50. The van der Waals surface area contributed by atoms with Gasteiger partial charge in [0.25, 0.3) is 5.91 Å². The number of anilines is 1. The van der Waals surface area contributed by atoms with Crippen LogP contribution in [0, 0.1) is 6.92 Å². The van der Waals surface area contributed by atoms with Crippen LogP contribution in [0.5, 0.6) is 0 Å². The number of benzene rings is 1. The molecule has 1 unspecified atom stereocenters. The highest BCUT2D eigenvalue weighted by molar-refractivity contribution is 5.97. The minimum atomic E-state index is -0.446. The Labute approximate surface area is 111 Å². The number of carbonyl (C=O) groups excluding carboxylic acids is 1. The molecule has 0 saturated heterocycles. The van der Waals surface area contributed by atoms with Crippen LogP contribution < -0.4 is 11.1 Å². The van der Waals surface area contributed by atoms with E-state index < -0.39 is 5.91 Å². The predicted octanol–water partition coefficient (Wildman–Crippen LogP) is 1.70. The molecule has 3 rings (SSSR count). The summed E-state index contributed by atoms with van der Waals surface area (Å²) in [6.45, 7) is 2.88. The first kappa shape index (κ1) is 11.8. The van der Waals surface area contributed by atoms with Crippen molar-refractivity contribution in [2.45, 2.75) is 19.4 Å². The number of primary amides is 1. The van der Waals surface area contributed by atoms with Gasteiger partial charge in [0.1, 0.15) is 11.4 Å². The molecule has 0 radical (unpaired) electrons. The molecular weight excluding hydrogens is 240 g/mol. The van der Waals surface area contributed by atoms with E-state index in [1.807, 2.05) is 4.68 Å². The lowest BCUT2D eigenvalue weighted by Gasteiger charge is -2.26. The van der Waals surface area contributed by atoms with Crippen LogP contribution in [0.15, 0.2) is 30.5 Å². The molecule has 0 bridgehead atoms. The number of nitrogens with zero attached hydrogens (tertiary/aromatic N) is 2. The Kier molecular flexibility index (Phi) is 2.74. The van der Waals surface area contributed by atoms with Gasteiger partial charge in [-0.15, -0.1) is 0 Å². The van der Waals surface area contributed by atoms with Crippen LogP contribution >= 0.6 is 0 Å². The average Bonchev–Trinajstić information content (AvgIpc) is 2.83. The smallest absolute Gasteiger partial charge is 0.254 e. The highest BCUT2D eigenvalue weighted by atomic mass is 16.1. The molecule has 1 aromatic carbocycles. The number of amides is 1. The Morgan fingerprint density at radius 3 is 2.84 bits per heavy atom. The van der Waals surface area contributed by atoms with Gasteiger partial charge in [-0.05, 0) is 18.9 Å². The molecule has 3 N–H and O–H groups in total. The number of rotatable bonds is 2. The molecule has 1 aromatic heterocycles. The maximum absolute atomic E-state index is 11.4. The summed E-state index contributed by atoms with van der Waals surface area (Å²) in [5.74, 6) is 0.280. The van der Waals surface area contributed by atoms with E-state index in [1.54, 1.807) is 0 Å². The third-order valence-electron chi connectivity index (χ3n) is 3.53. The van der Waals surface area contributed by atoms with Crippen molar-refractivity contribution < 1.29 is 4.79 Å². The molecule has 5 heteroatoms. The minimum absolute atomic E-state index is 0.157. The molecule has 0 fully saturated rings. The Balaban J connectivity index is 2.03. The topological polar surface area (TPSA) is 72.9 Å². The molecule has 2 heterocycles. The van der Waals surface area contributed by atoms with E-state index in [-0.39, 0.29) is 6.04 Å². The number of nitrogens with one attached hydrogen (secondary N) is 1. The zero-order valence-electron chi connectivity index (χ0n) is 10.8. The second kappa shape index (κ2) is 4.42. The summed E-state index contributed by atoms with van der Waals surface area (Å²) in [6.07, 6.45) is 2.48. The Morgan fingerprint density at radius 2 is 2.16 bits per heavy atom. The van der Waals surface area contributed by atoms with Crippen molar-refractivity contribution in [3.63, 3.8) is 0 Å². The van der Waals surface area contributed by atoms with Crippen LogP contribution in [0.3, 0.4) is 0 Å². The summed E-state index contributed by atoms with van der Waals surface area (Å²) < 4.78 is 1.86. The van der Waals surface area contributed by atoms with Crippen LogP contribution in [-0.2, 0) is 0 Å². The summed E-state index contributed by atoms with van der Waals surface area (Å²) in [5, 5.41) is 7.51. The lowest BCUT2D eigenvalue weighted by molar-refractivity contribution is 0.100. The fourth-order valence-electron chi connectivity index (χ4n) is 2.50. The van der Waals surface area contributed by atoms with E-state index in [0.717, 1.165) is 18.8 Å². The molecular formula is C14H16N4O. The van der Waals surface area contributed by atoms with Crippen LogP contribution in [-0.4, -0.2) is 22.2 Å². The second-order valence-electron chi connectivity index (χ2n) is 4.86. The van der Waals surface area contributed by atoms with E-state index in [0.29, 0.717) is 5.56 Å². The van der Waals surface area contributed by atoms with Gasteiger partial charge in [-0.25, -0.2) is 4.68 Å². The first-order valence-electron chi connectivity index (χ1n) is 6.34. The quantitative estimate of drug-likeness (QED) is 0.858. The molecule has 1 aliphatic heterocycles. The normalized spacial score (nSPS) is 17.6. The van der Waals surface area contributed by atoms with Gasteiger partial charge in [-0.3, -0.25) is 4.79 Å². The van der Waals surface area contributed by atoms with Gasteiger partial charge in [0.05, 0.1) is 12.2 Å². The summed E-state index contributed by atoms with van der Waals surface area (Å²) in [7, 11) is 0. The van der Waals surface area contributed by atoms with Gasteiger partial charge in [0.2, 0.25) is 0 Å². The van der Waals surface area contributed by atoms with Gasteiger partial charge in [-0.1, -0.05) is 29.8 Å². The molecule has 1 atom stereocenters. The largest absolute Gasteiger partial charge is 0.369 e. The van der Waals surface area contributed by atoms with Crippen molar-refractivity contribution in [2.75, 3.05) is 11.9 Å². The van der Waals surface area contributed by atoms with Gasteiger partial charge < -0.3 is 11.1 Å². The predicted molar refractivity (Wildman–Crippen MR) is 73.2 cm³/mol. The molecule has 0 aliphatic carbocycles. The van der Waals surface area contributed by atoms with E-state index in [1.165, 1.54) is 17.3 Å². The summed E-state index contributed by atoms with van der Waals surface area (Å²) in [4.78, 5) is 11.4. The zero-order chi connectivity index (χ0) is 13.4. The zero-order valence-corrected chi connectivity index (χ0v) is 10.8. The third kappa shape index (κ3) is 1.97. The highest BCUT2D eigenvalue weighted by Gasteiger charge is 2.25. The molecule has 0 saturated carbocycles. The first-order chi connectivity index (χ1) is 9.16. The van der Waals surface area contributed by atoms with Gasteiger partial charge in [-0.2, -0.15) is 5.10 Å². The number of aryl methyl sites for hydroxylation is 1. The molecule has 0 spiro atoms. The Morgan fingerprint density at radius 1 is 1.42 bits per heavy atom. The number of carbonyl (C=O) groups is 1. The van der Waals surface area contributed by atoms with E-state index in [9.17, 15) is 4.79 Å². The van der Waals surface area contributed by atoms with Crippen molar-refractivity contribution in [1.29, 1.82) is 0 Å². The summed E-state index contributed by atoms with van der Waals surface area (Å²) in [6, 6.07) is 8.57. The number of hydrogen-bond acceptors (Lipinski definition) is 3. The van der Waals surface area contributed by atoms with Gasteiger partial charge in [0, 0.05) is 6.54 Å². The summed E-state index contributed by atoms with van der Waals surface area (Å²) in [5.41, 5.74) is 8.24. The second-order valence-corrected chi connectivity index (χ2v) is 4.86. The number of fused-ring (bicyclic) bond motifs is 1. The van der Waals surface area contributed by atoms with Crippen molar-refractivity contribution in [3.8, 4) is 0 Å². The molecule has 2 aromatic rings. The molecule has 1 aliphatic rings. The van der Waals surface area contributed by atoms with Crippen molar-refractivity contribution in [3.05, 3.63) is 47.2 Å². The van der Waals surface area contributed by atoms with E-state index >= 15 is 0 Å². The minimum Gasteiger partial charge on any atom is -0.369 e. The third-order valence-corrected chi connectivity index (χ3v) is 3.53. The number of hydrogen-bond donors (Lipinski definition) is 2. The van der Waals surface area contributed by atoms with Crippen LogP contribution in [0.4, 0.5) is 5.82 Å². The SMILES string of the molecule is Cc1ccc(C2CCNc3c(C(N)=O)cnn32)cc1. The molecule has 5 nitrogen and oxygen atoms in total. The highest BCUT2D eigenvalue weighted by Crippen LogP contribution is 2.31. The summed E-state index contributed by atoms with van der Waals surface area (Å²) >= 11 is 0. The molecule has 1 amide bonds. The number of nitrogens with two attached hydrogens (primary N) is 1. The van der Waals surface area contributed by atoms with Crippen LogP contribution in [0.25, 0.3) is 0 Å². The van der Waals surface area contributed by atoms with E-state index in [4.69, 9.17) is 5.73 Å².